The summed E-state index contributed by atoms with van der Waals surface area (Å²) in [7, 11) is 0. The molecule has 31 heavy (non-hydrogen) atoms. The Morgan fingerprint density at radius 1 is 0.581 bits per heavy atom. The number of rotatable bonds is 22. The molecule has 1 unspecified atom stereocenters. The molecule has 1 aliphatic rings. The lowest BCUT2D eigenvalue weighted by molar-refractivity contribution is 0.163. The van der Waals surface area contributed by atoms with Crippen LogP contribution in [0.25, 0.3) is 0 Å². The molecule has 0 bridgehead atoms. The van der Waals surface area contributed by atoms with E-state index in [-0.39, 0.29) is 0 Å². The second-order valence-corrected chi connectivity index (χ2v) is 10.7. The molecule has 0 saturated heterocycles. The van der Waals surface area contributed by atoms with Gasteiger partial charge in [0.25, 0.3) is 0 Å². The van der Waals surface area contributed by atoms with Crippen LogP contribution in [0.1, 0.15) is 149 Å². The van der Waals surface area contributed by atoms with Gasteiger partial charge in [-0.2, -0.15) is 0 Å². The molecule has 0 N–H and O–H groups in total. The van der Waals surface area contributed by atoms with Gasteiger partial charge < -0.3 is 9.80 Å². The van der Waals surface area contributed by atoms with Gasteiger partial charge in [0, 0.05) is 19.3 Å². The van der Waals surface area contributed by atoms with E-state index in [1.165, 1.54) is 146 Å². The van der Waals surface area contributed by atoms with Gasteiger partial charge in [-0.1, -0.05) is 129 Å². The molecule has 1 rings (SSSR count). The summed E-state index contributed by atoms with van der Waals surface area (Å²) < 4.78 is 1.29. The third kappa shape index (κ3) is 14.6. The molecule has 1 aliphatic heterocycles. The number of halogens is 1. The Labute approximate surface area is 204 Å². The van der Waals surface area contributed by atoms with Crippen molar-refractivity contribution in [1.29, 1.82) is 0 Å². The molecule has 0 fully saturated rings. The van der Waals surface area contributed by atoms with Gasteiger partial charge in [0.15, 0.2) is 0 Å². The maximum absolute atomic E-state index is 3.81. The van der Waals surface area contributed by atoms with Crippen molar-refractivity contribution in [3.63, 3.8) is 0 Å². The number of hydrogen-bond acceptors (Lipinski definition) is 2. The highest BCUT2D eigenvalue weighted by molar-refractivity contribution is 9.11. The number of hydrogen-bond donors (Lipinski definition) is 0. The van der Waals surface area contributed by atoms with Crippen molar-refractivity contribution >= 4 is 15.9 Å². The molecule has 0 aliphatic carbocycles. The molecule has 1 atom stereocenters. The van der Waals surface area contributed by atoms with E-state index in [1.54, 1.807) is 0 Å². The van der Waals surface area contributed by atoms with Gasteiger partial charge >= 0.3 is 0 Å². The van der Waals surface area contributed by atoms with E-state index in [0.29, 0.717) is 6.17 Å². The Kier molecular flexibility index (Phi) is 19.0. The molecule has 0 saturated carbocycles. The second kappa shape index (κ2) is 20.4. The summed E-state index contributed by atoms with van der Waals surface area (Å²) in [5, 5.41) is 0. The maximum Gasteiger partial charge on any atom is 0.0987 e. The Balaban J connectivity index is 1.93. The Morgan fingerprint density at radius 2 is 0.935 bits per heavy atom. The van der Waals surface area contributed by atoms with Gasteiger partial charge in [-0.05, 0) is 35.7 Å². The predicted molar refractivity (Wildman–Crippen MR) is 144 cm³/mol. The lowest BCUT2D eigenvalue weighted by Crippen LogP contribution is -2.37. The largest absolute Gasteiger partial charge is 0.355 e. The molecule has 0 aromatic heterocycles. The maximum atomic E-state index is 3.81. The van der Waals surface area contributed by atoms with Gasteiger partial charge in [-0.3, -0.25) is 0 Å². The molecule has 2 nitrogen and oxygen atoms in total. The summed E-state index contributed by atoms with van der Waals surface area (Å²) in [6.07, 6.45) is 31.2. The predicted octanol–water partition coefficient (Wildman–Crippen LogP) is 9.99. The summed E-state index contributed by atoms with van der Waals surface area (Å²) in [5.74, 6) is 0. The molecule has 0 radical (unpaired) electrons. The molecule has 0 spiro atoms. The first-order chi connectivity index (χ1) is 15.2. The fourth-order valence-corrected chi connectivity index (χ4v) is 5.51. The minimum Gasteiger partial charge on any atom is -0.355 e. The van der Waals surface area contributed by atoms with Crippen molar-refractivity contribution in [2.24, 2.45) is 0 Å². The molecule has 0 aromatic carbocycles. The average molecular weight is 500 g/mol. The zero-order chi connectivity index (χ0) is 22.6. The third-order valence-corrected chi connectivity index (χ3v) is 7.66. The average Bonchev–Trinajstić information content (AvgIpc) is 3.03. The van der Waals surface area contributed by atoms with Crippen molar-refractivity contribution in [1.82, 2.24) is 9.80 Å². The zero-order valence-electron chi connectivity index (χ0n) is 21.5. The lowest BCUT2D eigenvalue weighted by atomic mass is 10.0. The molecular formula is C28H55BrN2. The van der Waals surface area contributed by atoms with Crippen LogP contribution in [0.2, 0.25) is 0 Å². The molecule has 0 aromatic rings. The van der Waals surface area contributed by atoms with Gasteiger partial charge in [-0.15, -0.1) is 0 Å². The van der Waals surface area contributed by atoms with E-state index < -0.39 is 0 Å². The summed E-state index contributed by atoms with van der Waals surface area (Å²) in [6, 6.07) is 0. The highest BCUT2D eigenvalue weighted by Crippen LogP contribution is 2.28. The van der Waals surface area contributed by atoms with Crippen LogP contribution in [-0.4, -0.2) is 29.1 Å². The number of nitrogens with zero attached hydrogens (tertiary/aromatic N) is 2. The summed E-state index contributed by atoms with van der Waals surface area (Å²) in [4.78, 5) is 5.09. The standard InChI is InChI=1S/C28H55BrN2/c1-4-6-8-10-12-13-14-15-16-17-18-19-20-22-24-30-26-28(29)31(27(30)3)25-23-21-11-9-7-5-2/h26-27H,4-25H2,1-3H3. The van der Waals surface area contributed by atoms with E-state index in [9.17, 15) is 0 Å². The first-order valence-electron chi connectivity index (χ1n) is 14.1. The molecule has 0 amide bonds. The first-order valence-corrected chi connectivity index (χ1v) is 14.9. The summed E-state index contributed by atoms with van der Waals surface area (Å²) >= 11 is 3.81. The van der Waals surface area contributed by atoms with Crippen molar-refractivity contribution in [3.05, 3.63) is 10.8 Å². The van der Waals surface area contributed by atoms with Crippen LogP contribution in [0.15, 0.2) is 10.8 Å². The highest BCUT2D eigenvalue weighted by atomic mass is 79.9. The van der Waals surface area contributed by atoms with E-state index in [4.69, 9.17) is 0 Å². The molecule has 1 heterocycles. The van der Waals surface area contributed by atoms with Crippen LogP contribution in [0.3, 0.4) is 0 Å². The van der Waals surface area contributed by atoms with Gasteiger partial charge in [0.2, 0.25) is 0 Å². The topological polar surface area (TPSA) is 6.48 Å². The zero-order valence-corrected chi connectivity index (χ0v) is 23.1. The summed E-state index contributed by atoms with van der Waals surface area (Å²) in [5.41, 5.74) is 0. The quantitative estimate of drug-likeness (QED) is 0.108. The Morgan fingerprint density at radius 3 is 1.35 bits per heavy atom. The van der Waals surface area contributed by atoms with Crippen LogP contribution in [-0.2, 0) is 0 Å². The summed E-state index contributed by atoms with van der Waals surface area (Å²) in [6.45, 7) is 9.36. The van der Waals surface area contributed by atoms with Crippen molar-refractivity contribution in [2.45, 2.75) is 155 Å². The first kappa shape index (κ1) is 28.9. The monoisotopic (exact) mass is 498 g/mol. The molecular weight excluding hydrogens is 444 g/mol. The third-order valence-electron chi connectivity index (χ3n) is 7.00. The van der Waals surface area contributed by atoms with E-state index in [0.717, 1.165) is 0 Å². The minimum absolute atomic E-state index is 0.520. The van der Waals surface area contributed by atoms with Crippen LogP contribution >= 0.6 is 15.9 Å². The number of unbranched alkanes of at least 4 members (excludes halogenated alkanes) is 18. The minimum atomic E-state index is 0.520. The molecule has 184 valence electrons. The van der Waals surface area contributed by atoms with Gasteiger partial charge in [0.1, 0.15) is 0 Å². The van der Waals surface area contributed by atoms with Crippen molar-refractivity contribution in [2.75, 3.05) is 13.1 Å². The van der Waals surface area contributed by atoms with Crippen LogP contribution < -0.4 is 0 Å². The smallest absolute Gasteiger partial charge is 0.0987 e. The van der Waals surface area contributed by atoms with Crippen molar-refractivity contribution < 1.29 is 0 Å². The van der Waals surface area contributed by atoms with Crippen LogP contribution in [0.4, 0.5) is 0 Å². The van der Waals surface area contributed by atoms with Gasteiger partial charge in [-0.25, -0.2) is 0 Å². The van der Waals surface area contributed by atoms with Crippen molar-refractivity contribution in [3.8, 4) is 0 Å². The fourth-order valence-electron chi connectivity index (χ4n) is 4.77. The highest BCUT2D eigenvalue weighted by Gasteiger charge is 2.26. The van der Waals surface area contributed by atoms with Crippen LogP contribution in [0.5, 0.6) is 0 Å². The molecule has 3 heteroatoms. The lowest BCUT2D eigenvalue weighted by Gasteiger charge is -2.30. The SMILES string of the molecule is CCCCCCCCCCCCCCCCN1C=C(Br)N(CCCCCCCC)C1C. The second-order valence-electron chi connectivity index (χ2n) is 9.88. The van der Waals surface area contributed by atoms with E-state index >= 15 is 0 Å². The van der Waals surface area contributed by atoms with E-state index in [1.807, 2.05) is 0 Å². The van der Waals surface area contributed by atoms with Gasteiger partial charge in [0.05, 0.1) is 10.8 Å². The Bertz CT molecular complexity index is 423. The van der Waals surface area contributed by atoms with E-state index in [2.05, 4.69) is 52.7 Å². The fraction of sp³-hybridized carbons (Fsp3) is 0.929. The van der Waals surface area contributed by atoms with Crippen LogP contribution in [0, 0.1) is 0 Å². The Hall–Kier alpha value is -0.180. The normalized spacial score (nSPS) is 16.4.